The molecule has 0 saturated carbocycles. The van der Waals surface area contributed by atoms with E-state index in [1.54, 1.807) is 6.92 Å². The molecule has 16 heteroatoms. The van der Waals surface area contributed by atoms with Gasteiger partial charge >= 0.3 is 21.3 Å². The first-order valence-corrected chi connectivity index (χ1v) is 14.0. The molecule has 2 aliphatic heterocycles. The maximum Gasteiger partial charge on any atom is 0.481 e. The van der Waals surface area contributed by atoms with Crippen molar-refractivity contribution in [2.75, 3.05) is 13.2 Å². The highest BCUT2D eigenvalue weighted by Crippen LogP contribution is 2.60. The van der Waals surface area contributed by atoms with Crippen molar-refractivity contribution < 1.29 is 46.5 Å². The minimum atomic E-state index is -5.05. The standard InChI is InChI=1S/C20H26N2O12P2/c1-2-10-29-35(25,26)34-36(27,28)30-12-14-17-18(19(31-14)22-9-8-15(23)21-20(22)24)33-16(32-17)11-13-6-4-3-5-7-13/h3-9,14,16-19H,2,10-12H2,1H3,(H,25,26)(H,27,28)(H,21,23,24). The van der Waals surface area contributed by atoms with E-state index in [1.165, 1.54) is 6.20 Å². The Balaban J connectivity index is 1.50. The van der Waals surface area contributed by atoms with Crippen LogP contribution in [0.25, 0.3) is 0 Å². The van der Waals surface area contributed by atoms with E-state index in [9.17, 15) is 28.5 Å². The van der Waals surface area contributed by atoms with Crippen molar-refractivity contribution in [3.8, 4) is 0 Å². The summed E-state index contributed by atoms with van der Waals surface area (Å²) in [4.78, 5) is 45.5. The van der Waals surface area contributed by atoms with Gasteiger partial charge in [-0.1, -0.05) is 37.3 Å². The summed E-state index contributed by atoms with van der Waals surface area (Å²) in [5.41, 5.74) is -0.435. The Morgan fingerprint density at radius 2 is 1.69 bits per heavy atom. The Kier molecular flexibility index (Phi) is 8.42. The van der Waals surface area contributed by atoms with E-state index in [1.807, 2.05) is 30.3 Å². The number of phosphoric acid groups is 2. The average molecular weight is 548 g/mol. The highest BCUT2D eigenvalue weighted by molar-refractivity contribution is 7.61. The lowest BCUT2D eigenvalue weighted by molar-refractivity contribution is -0.150. The number of hydrogen-bond donors (Lipinski definition) is 3. The molecular weight excluding hydrogens is 522 g/mol. The van der Waals surface area contributed by atoms with Crippen LogP contribution >= 0.6 is 15.6 Å². The topological polar surface area (TPSA) is 185 Å². The van der Waals surface area contributed by atoms with Crippen LogP contribution in [-0.4, -0.2) is 57.2 Å². The number of nitrogens with one attached hydrogen (secondary N) is 1. The second-order valence-electron chi connectivity index (χ2n) is 8.05. The van der Waals surface area contributed by atoms with E-state index in [0.29, 0.717) is 12.8 Å². The first kappa shape index (κ1) is 27.1. The maximum atomic E-state index is 12.4. The van der Waals surface area contributed by atoms with Gasteiger partial charge in [-0.15, -0.1) is 0 Å². The van der Waals surface area contributed by atoms with Crippen molar-refractivity contribution in [1.82, 2.24) is 9.55 Å². The van der Waals surface area contributed by atoms with E-state index in [2.05, 4.69) is 13.8 Å². The van der Waals surface area contributed by atoms with E-state index in [4.69, 9.17) is 18.7 Å². The average Bonchev–Trinajstić information content (AvgIpc) is 3.35. The third-order valence-electron chi connectivity index (χ3n) is 5.34. The van der Waals surface area contributed by atoms with Gasteiger partial charge in [-0.25, -0.2) is 13.9 Å². The van der Waals surface area contributed by atoms with Crippen LogP contribution in [0.1, 0.15) is 25.1 Å². The lowest BCUT2D eigenvalue weighted by Gasteiger charge is -2.22. The molecule has 3 heterocycles. The van der Waals surface area contributed by atoms with Gasteiger partial charge in [0.2, 0.25) is 0 Å². The van der Waals surface area contributed by atoms with Crippen molar-refractivity contribution in [2.24, 2.45) is 0 Å². The van der Waals surface area contributed by atoms with Gasteiger partial charge in [-0.2, -0.15) is 4.31 Å². The molecule has 2 aromatic rings. The van der Waals surface area contributed by atoms with Crippen LogP contribution in [-0.2, 0) is 43.1 Å². The molecule has 0 amide bonds. The van der Waals surface area contributed by atoms with Crippen LogP contribution in [0.2, 0.25) is 0 Å². The van der Waals surface area contributed by atoms with Gasteiger partial charge < -0.3 is 24.0 Å². The summed E-state index contributed by atoms with van der Waals surface area (Å²) in [6.07, 6.45) is -2.55. The van der Waals surface area contributed by atoms with E-state index in [0.717, 1.165) is 16.2 Å². The van der Waals surface area contributed by atoms with Crippen molar-refractivity contribution in [3.63, 3.8) is 0 Å². The molecule has 14 nitrogen and oxygen atoms in total. The zero-order valence-corrected chi connectivity index (χ0v) is 20.9. The molecule has 36 heavy (non-hydrogen) atoms. The van der Waals surface area contributed by atoms with Crippen molar-refractivity contribution in [3.05, 3.63) is 69.0 Å². The second-order valence-corrected chi connectivity index (χ2v) is 11.1. The largest absolute Gasteiger partial charge is 0.481 e. The van der Waals surface area contributed by atoms with Crippen LogP contribution < -0.4 is 11.2 Å². The first-order chi connectivity index (χ1) is 17.1. The van der Waals surface area contributed by atoms with Crippen molar-refractivity contribution >= 4 is 15.6 Å². The third kappa shape index (κ3) is 6.67. The molecular formula is C20H26N2O12P2. The Morgan fingerprint density at radius 1 is 1.00 bits per heavy atom. The number of hydrogen-bond acceptors (Lipinski definition) is 10. The molecule has 0 spiro atoms. The molecule has 7 unspecified atom stereocenters. The van der Waals surface area contributed by atoms with Crippen molar-refractivity contribution in [2.45, 2.75) is 50.6 Å². The number of phosphoric ester groups is 2. The number of benzene rings is 1. The number of aromatic nitrogens is 2. The minimum absolute atomic E-state index is 0.174. The Labute approximate surface area is 204 Å². The number of ether oxygens (including phenoxy) is 3. The fourth-order valence-electron chi connectivity index (χ4n) is 3.84. The van der Waals surface area contributed by atoms with Crippen LogP contribution in [0.4, 0.5) is 0 Å². The molecule has 0 aliphatic carbocycles. The van der Waals surface area contributed by atoms with E-state index >= 15 is 0 Å². The zero-order chi connectivity index (χ0) is 25.9. The summed E-state index contributed by atoms with van der Waals surface area (Å²) in [5, 5.41) is 0. The Hall–Kier alpha value is -1.96. The van der Waals surface area contributed by atoms with Crippen molar-refractivity contribution in [1.29, 1.82) is 0 Å². The highest BCUT2D eigenvalue weighted by atomic mass is 31.3. The summed E-state index contributed by atoms with van der Waals surface area (Å²) in [6.45, 7) is 0.882. The molecule has 198 valence electrons. The van der Waals surface area contributed by atoms with Gasteiger partial charge in [0.05, 0.1) is 13.2 Å². The second kappa shape index (κ2) is 11.2. The SMILES string of the molecule is CCCOP(=O)(O)OP(=O)(O)OCC1OC(n2ccc(=O)[nH]c2=O)C2OC(Cc3ccccc3)OC12. The normalized spacial score (nSPS) is 28.9. The molecule has 3 N–H and O–H groups in total. The molecule has 0 bridgehead atoms. The minimum Gasteiger partial charge on any atom is -0.346 e. The van der Waals surface area contributed by atoms with Gasteiger partial charge in [0.15, 0.2) is 12.5 Å². The lowest BCUT2D eigenvalue weighted by Crippen LogP contribution is -2.36. The molecule has 1 aromatic carbocycles. The van der Waals surface area contributed by atoms with Crippen LogP contribution in [0, 0.1) is 0 Å². The van der Waals surface area contributed by atoms with Gasteiger partial charge in [0, 0.05) is 18.7 Å². The summed E-state index contributed by atoms with van der Waals surface area (Å²) >= 11 is 0. The maximum absolute atomic E-state index is 12.4. The predicted octanol–water partition coefficient (Wildman–Crippen LogP) is 1.45. The smallest absolute Gasteiger partial charge is 0.346 e. The summed E-state index contributed by atoms with van der Waals surface area (Å²) < 4.78 is 56.8. The number of H-pyrrole nitrogens is 1. The monoisotopic (exact) mass is 548 g/mol. The summed E-state index contributed by atoms with van der Waals surface area (Å²) in [5.74, 6) is 0. The van der Waals surface area contributed by atoms with Gasteiger partial charge in [-0.05, 0) is 12.0 Å². The molecule has 2 saturated heterocycles. The van der Waals surface area contributed by atoms with E-state index in [-0.39, 0.29) is 6.61 Å². The summed E-state index contributed by atoms with van der Waals surface area (Å²) in [6, 6.07) is 10.5. The third-order valence-corrected chi connectivity index (χ3v) is 7.98. The fourth-order valence-corrected chi connectivity index (χ4v) is 6.01. The zero-order valence-electron chi connectivity index (χ0n) is 19.1. The van der Waals surface area contributed by atoms with Crippen LogP contribution in [0.5, 0.6) is 0 Å². The van der Waals surface area contributed by atoms with Gasteiger partial charge in [0.25, 0.3) is 5.56 Å². The quantitative estimate of drug-likeness (QED) is 0.344. The Bertz CT molecular complexity index is 1250. The number of fused-ring (bicyclic) bond motifs is 1. The molecule has 4 rings (SSSR count). The molecule has 7 atom stereocenters. The predicted molar refractivity (Wildman–Crippen MR) is 122 cm³/mol. The molecule has 0 radical (unpaired) electrons. The number of nitrogens with zero attached hydrogens (tertiary/aromatic N) is 1. The highest BCUT2D eigenvalue weighted by Gasteiger charge is 2.54. The number of rotatable bonds is 11. The van der Waals surface area contributed by atoms with Gasteiger partial charge in [-0.3, -0.25) is 23.4 Å². The Morgan fingerprint density at radius 3 is 2.39 bits per heavy atom. The first-order valence-electron chi connectivity index (χ1n) is 11.0. The molecule has 2 fully saturated rings. The van der Waals surface area contributed by atoms with Gasteiger partial charge in [0.1, 0.15) is 18.3 Å². The number of aromatic amines is 1. The summed E-state index contributed by atoms with van der Waals surface area (Å²) in [7, 11) is -9.90. The lowest BCUT2D eigenvalue weighted by atomic mass is 10.1. The van der Waals surface area contributed by atoms with Crippen LogP contribution in [0.15, 0.2) is 52.2 Å². The van der Waals surface area contributed by atoms with E-state index < -0.39 is 64.3 Å². The molecule has 1 aromatic heterocycles. The van der Waals surface area contributed by atoms with Crippen LogP contribution in [0.3, 0.4) is 0 Å². The molecule has 2 aliphatic rings. The fraction of sp³-hybridized carbons (Fsp3) is 0.500.